The fourth-order valence-electron chi connectivity index (χ4n) is 9.06. The number of rotatable bonds is 3. The van der Waals surface area contributed by atoms with Gasteiger partial charge < -0.3 is 4.42 Å². The average molecular weight is 663 g/mol. The number of hydrogen-bond donors (Lipinski definition) is 0. The lowest BCUT2D eigenvalue weighted by molar-refractivity contribution is 0.647. The van der Waals surface area contributed by atoms with E-state index in [1.165, 1.54) is 98.7 Å². The van der Waals surface area contributed by atoms with Crippen molar-refractivity contribution in [2.75, 3.05) is 0 Å². The molecule has 0 saturated carbocycles. The first-order chi connectivity index (χ1) is 25.5. The first-order valence-electron chi connectivity index (χ1n) is 18.2. The van der Waals surface area contributed by atoms with Gasteiger partial charge in [0, 0.05) is 16.2 Å². The minimum atomic E-state index is -0.140. The zero-order valence-corrected chi connectivity index (χ0v) is 29.1. The molecule has 1 nitrogen and oxygen atoms in total. The molecule has 1 aliphatic carbocycles. The molecular formula is C51H34O. The SMILES string of the molecule is CC1(C)c2cc(-c3ccc(-c4c5ccccc5c(-c5ccc6ccccc6c5)c5ccccc45)cc3)ccc2-c2cc3c(cc21)oc1ccccc13. The summed E-state index contributed by atoms with van der Waals surface area (Å²) in [7, 11) is 0. The highest BCUT2D eigenvalue weighted by molar-refractivity contribution is 6.21. The fraction of sp³-hybridized carbons (Fsp3) is 0.0588. The van der Waals surface area contributed by atoms with E-state index in [0.29, 0.717) is 0 Å². The summed E-state index contributed by atoms with van der Waals surface area (Å²) in [6.07, 6.45) is 0. The van der Waals surface area contributed by atoms with E-state index in [9.17, 15) is 0 Å². The maximum atomic E-state index is 6.31. The van der Waals surface area contributed by atoms with Crippen LogP contribution in [0.4, 0.5) is 0 Å². The molecule has 1 aromatic heterocycles. The molecule has 0 aliphatic heterocycles. The molecule has 0 amide bonds. The van der Waals surface area contributed by atoms with E-state index in [1.807, 2.05) is 6.07 Å². The molecule has 10 aromatic rings. The smallest absolute Gasteiger partial charge is 0.135 e. The lowest BCUT2D eigenvalue weighted by Gasteiger charge is -2.22. The fourth-order valence-corrected chi connectivity index (χ4v) is 9.06. The Balaban J connectivity index is 1.03. The first-order valence-corrected chi connectivity index (χ1v) is 18.2. The average Bonchev–Trinajstić information content (AvgIpc) is 3.66. The van der Waals surface area contributed by atoms with Crippen molar-refractivity contribution in [3.63, 3.8) is 0 Å². The van der Waals surface area contributed by atoms with Crippen molar-refractivity contribution in [1.82, 2.24) is 0 Å². The Morgan fingerprint density at radius 3 is 1.60 bits per heavy atom. The molecule has 1 heteroatoms. The summed E-state index contributed by atoms with van der Waals surface area (Å²) in [6, 6.07) is 62.5. The Morgan fingerprint density at radius 2 is 0.885 bits per heavy atom. The van der Waals surface area contributed by atoms with Crippen LogP contribution in [0.5, 0.6) is 0 Å². The molecule has 0 saturated heterocycles. The molecule has 0 radical (unpaired) electrons. The van der Waals surface area contributed by atoms with Gasteiger partial charge in [0.25, 0.3) is 0 Å². The van der Waals surface area contributed by atoms with Gasteiger partial charge in [0.05, 0.1) is 0 Å². The number of benzene rings is 9. The highest BCUT2D eigenvalue weighted by atomic mass is 16.3. The van der Waals surface area contributed by atoms with Crippen LogP contribution in [-0.4, -0.2) is 0 Å². The number of hydrogen-bond acceptors (Lipinski definition) is 1. The predicted molar refractivity (Wildman–Crippen MR) is 220 cm³/mol. The van der Waals surface area contributed by atoms with E-state index in [1.54, 1.807) is 0 Å². The van der Waals surface area contributed by atoms with Crippen LogP contribution in [-0.2, 0) is 5.41 Å². The van der Waals surface area contributed by atoms with E-state index in [0.717, 1.165) is 11.2 Å². The van der Waals surface area contributed by atoms with Crippen molar-refractivity contribution in [2.45, 2.75) is 19.3 Å². The molecule has 0 N–H and O–H groups in total. The van der Waals surface area contributed by atoms with Crippen LogP contribution in [0, 0.1) is 0 Å². The standard InChI is InChI=1S/C51H34O/c1-51(2)45-28-35(25-26-37(45)43-29-44-38-13-9-10-18-47(38)52-48(44)30-46(43)51)32-19-22-33(23-20-32)49-39-14-5-7-16-41(39)50(42-17-8-6-15-40(42)49)36-24-21-31-11-3-4-12-34(31)27-36/h3-30H,1-2H3. The molecule has 9 aromatic carbocycles. The molecule has 0 bridgehead atoms. The zero-order valence-electron chi connectivity index (χ0n) is 29.1. The third kappa shape index (κ3) is 4.17. The van der Waals surface area contributed by atoms with Crippen LogP contribution < -0.4 is 0 Å². The molecule has 0 fully saturated rings. The Bertz CT molecular complexity index is 3030. The molecule has 0 atom stereocenters. The van der Waals surface area contributed by atoms with Crippen molar-refractivity contribution >= 4 is 54.3 Å². The van der Waals surface area contributed by atoms with Gasteiger partial charge in [-0.2, -0.15) is 0 Å². The van der Waals surface area contributed by atoms with E-state index < -0.39 is 0 Å². The van der Waals surface area contributed by atoms with E-state index >= 15 is 0 Å². The Hall–Kier alpha value is -6.44. The molecular weight excluding hydrogens is 629 g/mol. The molecule has 52 heavy (non-hydrogen) atoms. The van der Waals surface area contributed by atoms with E-state index in [2.05, 4.69) is 178 Å². The quantitative estimate of drug-likeness (QED) is 0.172. The number of fused-ring (bicyclic) bond motifs is 9. The van der Waals surface area contributed by atoms with Gasteiger partial charge in [0.15, 0.2) is 0 Å². The number of furan rings is 1. The molecule has 0 spiro atoms. The van der Waals surface area contributed by atoms with Crippen molar-refractivity contribution in [3.05, 3.63) is 181 Å². The topological polar surface area (TPSA) is 13.1 Å². The van der Waals surface area contributed by atoms with Gasteiger partial charge in [-0.15, -0.1) is 0 Å². The van der Waals surface area contributed by atoms with Gasteiger partial charge in [-0.25, -0.2) is 0 Å². The Kier molecular flexibility index (Phi) is 6.08. The molecule has 244 valence electrons. The van der Waals surface area contributed by atoms with Crippen LogP contribution in [0.1, 0.15) is 25.0 Å². The predicted octanol–water partition coefficient (Wildman–Crippen LogP) is 14.4. The maximum absolute atomic E-state index is 6.31. The summed E-state index contributed by atoms with van der Waals surface area (Å²) in [5.41, 5.74) is 14.6. The maximum Gasteiger partial charge on any atom is 0.135 e. The molecule has 0 unspecified atom stereocenters. The van der Waals surface area contributed by atoms with Gasteiger partial charge in [-0.1, -0.05) is 153 Å². The third-order valence-electron chi connectivity index (χ3n) is 11.6. The van der Waals surface area contributed by atoms with E-state index in [4.69, 9.17) is 4.42 Å². The van der Waals surface area contributed by atoms with E-state index in [-0.39, 0.29) is 5.41 Å². The highest BCUT2D eigenvalue weighted by Crippen LogP contribution is 2.52. The molecule has 1 heterocycles. The highest BCUT2D eigenvalue weighted by Gasteiger charge is 2.36. The van der Waals surface area contributed by atoms with Gasteiger partial charge in [-0.3, -0.25) is 0 Å². The van der Waals surface area contributed by atoms with Crippen molar-refractivity contribution in [2.24, 2.45) is 0 Å². The second-order valence-electron chi connectivity index (χ2n) is 14.9. The van der Waals surface area contributed by atoms with Crippen molar-refractivity contribution in [1.29, 1.82) is 0 Å². The van der Waals surface area contributed by atoms with Crippen LogP contribution in [0.15, 0.2) is 174 Å². The minimum Gasteiger partial charge on any atom is -0.456 e. The second kappa shape index (κ2) is 10.8. The van der Waals surface area contributed by atoms with Gasteiger partial charge >= 0.3 is 0 Å². The van der Waals surface area contributed by atoms with Crippen LogP contribution in [0.25, 0.3) is 98.8 Å². The summed E-state index contributed by atoms with van der Waals surface area (Å²) in [6.45, 7) is 4.69. The Morgan fingerprint density at radius 1 is 0.346 bits per heavy atom. The summed E-state index contributed by atoms with van der Waals surface area (Å²) >= 11 is 0. The lowest BCUT2D eigenvalue weighted by Crippen LogP contribution is -2.15. The first kappa shape index (κ1) is 29.3. The van der Waals surface area contributed by atoms with Crippen molar-refractivity contribution < 1.29 is 4.42 Å². The Labute approximate surface area is 302 Å². The lowest BCUT2D eigenvalue weighted by atomic mass is 9.81. The van der Waals surface area contributed by atoms with Crippen LogP contribution in [0.3, 0.4) is 0 Å². The minimum absolute atomic E-state index is 0.140. The summed E-state index contributed by atoms with van der Waals surface area (Å²) < 4.78 is 6.31. The summed E-state index contributed by atoms with van der Waals surface area (Å²) in [5, 5.41) is 9.97. The monoisotopic (exact) mass is 662 g/mol. The molecule has 1 aliphatic rings. The number of para-hydroxylation sites is 1. The van der Waals surface area contributed by atoms with Crippen LogP contribution >= 0.6 is 0 Å². The third-order valence-corrected chi connectivity index (χ3v) is 11.6. The van der Waals surface area contributed by atoms with Gasteiger partial charge in [-0.05, 0) is 118 Å². The zero-order chi connectivity index (χ0) is 34.6. The second-order valence-corrected chi connectivity index (χ2v) is 14.9. The largest absolute Gasteiger partial charge is 0.456 e. The van der Waals surface area contributed by atoms with Gasteiger partial charge in [0.2, 0.25) is 0 Å². The van der Waals surface area contributed by atoms with Crippen LogP contribution in [0.2, 0.25) is 0 Å². The normalized spacial score (nSPS) is 13.3. The molecule has 11 rings (SSSR count). The van der Waals surface area contributed by atoms with Gasteiger partial charge in [0.1, 0.15) is 11.2 Å². The summed E-state index contributed by atoms with van der Waals surface area (Å²) in [5.74, 6) is 0. The van der Waals surface area contributed by atoms with Crippen molar-refractivity contribution in [3.8, 4) is 44.5 Å². The summed E-state index contributed by atoms with van der Waals surface area (Å²) in [4.78, 5) is 0.